The number of hydrogen-bond donors (Lipinski definition) is 2. The van der Waals surface area contributed by atoms with Crippen LogP contribution in [-0.4, -0.2) is 50.8 Å². The molecule has 1 aromatic heterocycles. The molecule has 190 valence electrons. The lowest BCUT2D eigenvalue weighted by Crippen LogP contribution is -2.71. The summed E-state index contributed by atoms with van der Waals surface area (Å²) in [4.78, 5) is 34.8. The van der Waals surface area contributed by atoms with E-state index in [4.69, 9.17) is 5.73 Å². The highest BCUT2D eigenvalue weighted by Gasteiger charge is 2.91. The van der Waals surface area contributed by atoms with Crippen molar-refractivity contribution in [3.05, 3.63) is 20.8 Å². The average Bonchev–Trinajstić information content (AvgIpc) is 2.66. The van der Waals surface area contributed by atoms with Crippen molar-refractivity contribution in [2.24, 2.45) is 14.1 Å². The zero-order valence-corrected chi connectivity index (χ0v) is 15.6. The molecule has 3 N–H and O–H groups in total. The van der Waals surface area contributed by atoms with Crippen molar-refractivity contribution in [1.82, 2.24) is 9.13 Å². The highest BCUT2D eigenvalue weighted by Crippen LogP contribution is 2.60. The Morgan fingerprint density at radius 2 is 1.12 bits per heavy atom. The number of anilines is 2. The Morgan fingerprint density at radius 3 is 1.52 bits per heavy atom. The van der Waals surface area contributed by atoms with Crippen LogP contribution in [0.3, 0.4) is 0 Å². The third kappa shape index (κ3) is 3.67. The Labute approximate surface area is 171 Å². The Morgan fingerprint density at radius 1 is 0.727 bits per heavy atom. The summed E-state index contributed by atoms with van der Waals surface area (Å²) in [6.45, 7) is 0. The van der Waals surface area contributed by atoms with Gasteiger partial charge in [-0.05, 0) is 0 Å². The number of rotatable bonds is 6. The predicted molar refractivity (Wildman–Crippen MR) is 80.8 cm³/mol. The number of carbonyl (C=O) groups excluding carboxylic acids is 1. The number of nitrogens with zero attached hydrogens (tertiary/aromatic N) is 2. The topological polar surface area (TPSA) is 99.1 Å². The number of nitrogens with two attached hydrogens (primary N) is 1. The SMILES string of the molecule is Cn1c(N)c(NC(=O)C(F)(F)C(F)(F)C(F)(F)C(F)(F)C(F)(F)C(F)(F)F)c(=O)n(C)c1=O. The van der Waals surface area contributed by atoms with Crippen molar-refractivity contribution in [2.45, 2.75) is 35.8 Å². The summed E-state index contributed by atoms with van der Waals surface area (Å²) < 4.78 is 170. The van der Waals surface area contributed by atoms with Crippen molar-refractivity contribution in [3.63, 3.8) is 0 Å². The van der Waals surface area contributed by atoms with Crippen molar-refractivity contribution in [1.29, 1.82) is 0 Å². The maximum atomic E-state index is 13.8. The molecule has 0 bridgehead atoms. The Hall–Kier alpha value is -2.96. The van der Waals surface area contributed by atoms with Gasteiger partial charge in [0.05, 0.1) is 0 Å². The first-order valence-corrected chi connectivity index (χ1v) is 7.65. The van der Waals surface area contributed by atoms with E-state index >= 15 is 0 Å². The maximum absolute atomic E-state index is 13.8. The van der Waals surface area contributed by atoms with Crippen LogP contribution in [0.5, 0.6) is 0 Å². The van der Waals surface area contributed by atoms with Gasteiger partial charge < -0.3 is 11.1 Å². The van der Waals surface area contributed by atoms with Crippen molar-refractivity contribution >= 4 is 17.4 Å². The van der Waals surface area contributed by atoms with E-state index in [0.29, 0.717) is 12.4 Å². The molecule has 0 spiro atoms. The van der Waals surface area contributed by atoms with Crippen LogP contribution in [0.4, 0.5) is 68.6 Å². The van der Waals surface area contributed by atoms with Gasteiger partial charge in [-0.1, -0.05) is 0 Å². The van der Waals surface area contributed by atoms with E-state index in [-0.39, 0.29) is 9.13 Å². The van der Waals surface area contributed by atoms with Crippen LogP contribution in [0.2, 0.25) is 0 Å². The van der Waals surface area contributed by atoms with E-state index in [1.807, 2.05) is 0 Å². The van der Waals surface area contributed by atoms with Gasteiger partial charge in [0.25, 0.3) is 5.56 Å². The first-order valence-electron chi connectivity index (χ1n) is 7.65. The van der Waals surface area contributed by atoms with Crippen molar-refractivity contribution in [2.75, 3.05) is 11.1 Å². The monoisotopic (exact) mass is 516 g/mol. The Balaban J connectivity index is 3.61. The third-order valence-corrected chi connectivity index (χ3v) is 4.17. The highest BCUT2D eigenvalue weighted by molar-refractivity contribution is 5.98. The first kappa shape index (κ1) is 28.1. The van der Waals surface area contributed by atoms with E-state index in [1.165, 1.54) is 0 Å². The highest BCUT2D eigenvalue weighted by atomic mass is 19.4. The lowest BCUT2D eigenvalue weighted by atomic mass is 9.93. The summed E-state index contributed by atoms with van der Waals surface area (Å²) >= 11 is 0. The third-order valence-electron chi connectivity index (χ3n) is 4.17. The lowest BCUT2D eigenvalue weighted by Gasteiger charge is -2.39. The molecule has 0 aliphatic heterocycles. The zero-order valence-electron chi connectivity index (χ0n) is 15.6. The van der Waals surface area contributed by atoms with Crippen LogP contribution in [0.1, 0.15) is 0 Å². The number of alkyl halides is 13. The molecule has 0 radical (unpaired) electrons. The van der Waals surface area contributed by atoms with Crippen molar-refractivity contribution < 1.29 is 61.9 Å². The van der Waals surface area contributed by atoms with Gasteiger partial charge >= 0.3 is 47.4 Å². The molecule has 0 aromatic carbocycles. The molecule has 1 rings (SSSR count). The fraction of sp³-hybridized carbons (Fsp3) is 0.615. The summed E-state index contributed by atoms with van der Waals surface area (Å²) in [7, 11) is 1.36. The van der Waals surface area contributed by atoms with Crippen LogP contribution < -0.4 is 22.3 Å². The summed E-state index contributed by atoms with van der Waals surface area (Å²) in [6, 6.07) is 0. The molecule has 1 heterocycles. The fourth-order valence-electron chi connectivity index (χ4n) is 2.08. The molecule has 7 nitrogen and oxygen atoms in total. The first-order chi connectivity index (χ1) is 14.3. The largest absolute Gasteiger partial charge is 0.460 e. The van der Waals surface area contributed by atoms with Gasteiger partial charge in [0.15, 0.2) is 0 Å². The molecular formula is C13H9F13N4O3. The van der Waals surface area contributed by atoms with E-state index in [0.717, 1.165) is 7.05 Å². The lowest BCUT2D eigenvalue weighted by molar-refractivity contribution is -0.435. The van der Waals surface area contributed by atoms with Gasteiger partial charge in [0.1, 0.15) is 11.5 Å². The number of aromatic nitrogens is 2. The van der Waals surface area contributed by atoms with Gasteiger partial charge in [0, 0.05) is 14.1 Å². The molecule has 0 fully saturated rings. The molecule has 0 saturated heterocycles. The molecule has 33 heavy (non-hydrogen) atoms. The minimum Gasteiger partial charge on any atom is -0.383 e. The van der Waals surface area contributed by atoms with Crippen LogP contribution in [-0.2, 0) is 18.9 Å². The molecule has 0 unspecified atom stereocenters. The Kier molecular flexibility index (Phi) is 6.41. The van der Waals surface area contributed by atoms with Crippen LogP contribution in [0, 0.1) is 0 Å². The minimum absolute atomic E-state index is 0.0227. The van der Waals surface area contributed by atoms with Gasteiger partial charge in [-0.2, -0.15) is 57.1 Å². The van der Waals surface area contributed by atoms with E-state index < -0.39 is 64.5 Å². The molecule has 0 aliphatic carbocycles. The predicted octanol–water partition coefficient (Wildman–Crippen LogP) is 2.34. The van der Waals surface area contributed by atoms with Gasteiger partial charge in [-0.25, -0.2) is 4.79 Å². The van der Waals surface area contributed by atoms with E-state index in [9.17, 15) is 71.5 Å². The molecule has 20 heteroatoms. The number of carbonyl (C=O) groups is 1. The molecule has 1 amide bonds. The van der Waals surface area contributed by atoms with Crippen LogP contribution in [0.15, 0.2) is 9.59 Å². The van der Waals surface area contributed by atoms with Crippen LogP contribution in [0.25, 0.3) is 0 Å². The molecule has 0 aliphatic rings. The van der Waals surface area contributed by atoms with Crippen molar-refractivity contribution in [3.8, 4) is 0 Å². The summed E-state index contributed by atoms with van der Waals surface area (Å²) in [5.41, 5.74) is 0.395. The average molecular weight is 516 g/mol. The minimum atomic E-state index is -8.20. The summed E-state index contributed by atoms with van der Waals surface area (Å²) in [6.07, 6.45) is -7.61. The van der Waals surface area contributed by atoms with Gasteiger partial charge in [0.2, 0.25) is 0 Å². The van der Waals surface area contributed by atoms with Gasteiger partial charge in [-0.3, -0.25) is 18.7 Å². The number of hydrogen-bond acceptors (Lipinski definition) is 4. The smallest absolute Gasteiger partial charge is 0.383 e. The zero-order chi connectivity index (χ0) is 26.7. The van der Waals surface area contributed by atoms with Crippen LogP contribution >= 0.6 is 0 Å². The normalized spacial score (nSPS) is 14.4. The maximum Gasteiger partial charge on any atom is 0.460 e. The second-order valence-electron chi connectivity index (χ2n) is 6.29. The number of amides is 1. The van der Waals surface area contributed by atoms with E-state index in [2.05, 4.69) is 0 Å². The number of halogens is 13. The number of nitrogens with one attached hydrogen (secondary N) is 1. The molecule has 1 aromatic rings. The molecular weight excluding hydrogens is 507 g/mol. The standard InChI is InChI=1S/C13H9F13N4O3/c1-29-4(27)3(5(31)30(2)7(29)33)28-6(32)8(14,15)9(16,17)10(18,19)11(20,21)12(22,23)13(24,25)26/h27H2,1-2H3,(H,28,32). The summed E-state index contributed by atoms with van der Waals surface area (Å²) in [5, 5.41) is 0.551. The second-order valence-corrected chi connectivity index (χ2v) is 6.29. The van der Waals surface area contributed by atoms with Gasteiger partial charge in [-0.15, -0.1) is 0 Å². The quantitative estimate of drug-likeness (QED) is 0.568. The van der Waals surface area contributed by atoms with E-state index in [1.54, 1.807) is 0 Å². The molecule has 0 saturated carbocycles. The summed E-state index contributed by atoms with van der Waals surface area (Å²) in [5.74, 6) is -44.4. The number of nitrogen functional groups attached to an aromatic ring is 1. The Bertz CT molecular complexity index is 1070. The molecule has 0 atom stereocenters. The fourth-order valence-corrected chi connectivity index (χ4v) is 2.08. The second kappa shape index (κ2) is 7.54.